The van der Waals surface area contributed by atoms with Crippen molar-refractivity contribution in [3.05, 3.63) is 34.3 Å². The zero-order valence-electron chi connectivity index (χ0n) is 5.91. The van der Waals surface area contributed by atoms with Crippen LogP contribution >= 0.6 is 11.6 Å². The van der Waals surface area contributed by atoms with Crippen LogP contribution < -0.4 is 0 Å². The number of hydrogen-bond donors (Lipinski definition) is 1. The SMILES string of the molecule is N#Cc1ccc(Cl)c(C(=O)O)c1. The molecule has 60 valence electrons. The van der Waals surface area contributed by atoms with E-state index in [9.17, 15) is 4.79 Å². The van der Waals surface area contributed by atoms with Crippen molar-refractivity contribution < 1.29 is 9.90 Å². The van der Waals surface area contributed by atoms with Crippen LogP contribution in [0.2, 0.25) is 5.02 Å². The molecule has 0 unspecified atom stereocenters. The molecule has 0 heterocycles. The molecule has 3 nitrogen and oxygen atoms in total. The van der Waals surface area contributed by atoms with Crippen LogP contribution in [0.1, 0.15) is 15.9 Å². The van der Waals surface area contributed by atoms with E-state index in [1.807, 2.05) is 6.07 Å². The van der Waals surface area contributed by atoms with Crippen LogP contribution in [0, 0.1) is 11.3 Å². The minimum atomic E-state index is -1.13. The summed E-state index contributed by atoms with van der Waals surface area (Å²) < 4.78 is 0. The molecule has 12 heavy (non-hydrogen) atoms. The first-order chi connectivity index (χ1) is 5.65. The third-order valence-electron chi connectivity index (χ3n) is 1.33. The molecule has 0 saturated carbocycles. The molecule has 0 amide bonds. The van der Waals surface area contributed by atoms with Crippen molar-refractivity contribution in [1.29, 1.82) is 5.26 Å². The fraction of sp³-hybridized carbons (Fsp3) is 0. The lowest BCUT2D eigenvalue weighted by molar-refractivity contribution is 0.0697. The van der Waals surface area contributed by atoms with Crippen LogP contribution in [0.25, 0.3) is 0 Å². The summed E-state index contributed by atoms with van der Waals surface area (Å²) in [7, 11) is 0. The van der Waals surface area contributed by atoms with Crippen LogP contribution in [-0.2, 0) is 0 Å². The molecule has 0 bridgehead atoms. The summed E-state index contributed by atoms with van der Waals surface area (Å²) >= 11 is 5.56. The molecule has 0 aliphatic carbocycles. The Bertz CT molecular complexity index is 368. The molecule has 0 aliphatic heterocycles. The number of nitrogens with zero attached hydrogens (tertiary/aromatic N) is 1. The maximum absolute atomic E-state index is 10.5. The van der Waals surface area contributed by atoms with Crippen molar-refractivity contribution in [3.8, 4) is 6.07 Å². The van der Waals surface area contributed by atoms with E-state index in [1.165, 1.54) is 18.2 Å². The smallest absolute Gasteiger partial charge is 0.337 e. The minimum absolute atomic E-state index is 0.0456. The van der Waals surface area contributed by atoms with Gasteiger partial charge in [0, 0.05) is 0 Å². The predicted molar refractivity (Wildman–Crippen MR) is 43.1 cm³/mol. The molecule has 0 saturated heterocycles. The largest absolute Gasteiger partial charge is 0.478 e. The first-order valence-corrected chi connectivity index (χ1v) is 3.46. The van der Waals surface area contributed by atoms with E-state index < -0.39 is 5.97 Å². The lowest BCUT2D eigenvalue weighted by atomic mass is 10.1. The molecule has 4 heteroatoms. The standard InChI is InChI=1S/C8H4ClNO2/c9-7-2-1-5(4-10)3-6(7)8(11)12/h1-3H,(H,11,12). The highest BCUT2D eigenvalue weighted by molar-refractivity contribution is 6.33. The zero-order chi connectivity index (χ0) is 9.14. The molecule has 0 aliphatic rings. The normalized spacial score (nSPS) is 9.00. The molecular formula is C8H4ClNO2. The summed E-state index contributed by atoms with van der Waals surface area (Å²) in [6, 6.07) is 5.93. The quantitative estimate of drug-likeness (QED) is 0.720. The van der Waals surface area contributed by atoms with Gasteiger partial charge in [-0.3, -0.25) is 0 Å². The van der Waals surface area contributed by atoms with Crippen molar-refractivity contribution in [2.24, 2.45) is 0 Å². The van der Waals surface area contributed by atoms with Crippen LogP contribution in [0.3, 0.4) is 0 Å². The fourth-order valence-electron chi connectivity index (χ4n) is 0.759. The summed E-state index contributed by atoms with van der Waals surface area (Å²) in [5, 5.41) is 17.2. The van der Waals surface area contributed by atoms with Gasteiger partial charge in [-0.15, -0.1) is 0 Å². The summed E-state index contributed by atoms with van der Waals surface area (Å²) in [6.45, 7) is 0. The third-order valence-corrected chi connectivity index (χ3v) is 1.66. The van der Waals surface area contributed by atoms with Gasteiger partial charge in [0.15, 0.2) is 0 Å². The van der Waals surface area contributed by atoms with E-state index in [4.69, 9.17) is 22.0 Å². The van der Waals surface area contributed by atoms with Gasteiger partial charge in [0.25, 0.3) is 0 Å². The average Bonchev–Trinajstić information content (AvgIpc) is 2.05. The number of nitriles is 1. The van der Waals surface area contributed by atoms with Crippen LogP contribution in [0.15, 0.2) is 18.2 Å². The number of benzene rings is 1. The van der Waals surface area contributed by atoms with Crippen molar-refractivity contribution in [2.75, 3.05) is 0 Å². The topological polar surface area (TPSA) is 61.1 Å². The number of aromatic carboxylic acids is 1. The van der Waals surface area contributed by atoms with E-state index in [1.54, 1.807) is 0 Å². The molecule has 1 rings (SSSR count). The number of rotatable bonds is 1. The average molecular weight is 182 g/mol. The highest BCUT2D eigenvalue weighted by atomic mass is 35.5. The Morgan fingerprint density at radius 2 is 2.25 bits per heavy atom. The van der Waals surface area contributed by atoms with Gasteiger partial charge in [-0.1, -0.05) is 11.6 Å². The summed E-state index contributed by atoms with van der Waals surface area (Å²) in [5.41, 5.74) is 0.243. The molecule has 0 spiro atoms. The first kappa shape index (κ1) is 8.57. The fourth-order valence-corrected chi connectivity index (χ4v) is 0.957. The second-order valence-electron chi connectivity index (χ2n) is 2.11. The Hall–Kier alpha value is -1.53. The first-order valence-electron chi connectivity index (χ1n) is 3.08. The van der Waals surface area contributed by atoms with E-state index in [-0.39, 0.29) is 16.1 Å². The van der Waals surface area contributed by atoms with E-state index in [0.29, 0.717) is 0 Å². The number of carboxylic acids is 1. The molecular weight excluding hydrogens is 178 g/mol. The Balaban J connectivity index is 3.28. The molecule has 0 radical (unpaired) electrons. The minimum Gasteiger partial charge on any atom is -0.478 e. The number of carboxylic acid groups (broad SMARTS) is 1. The summed E-state index contributed by atoms with van der Waals surface area (Å²) in [4.78, 5) is 10.5. The Labute approximate surface area is 73.8 Å². The molecule has 0 fully saturated rings. The van der Waals surface area contributed by atoms with Crippen LogP contribution in [0.5, 0.6) is 0 Å². The zero-order valence-corrected chi connectivity index (χ0v) is 6.67. The molecule has 1 aromatic carbocycles. The molecule has 1 aromatic rings. The van der Waals surface area contributed by atoms with Gasteiger partial charge in [-0.25, -0.2) is 4.79 Å². The van der Waals surface area contributed by atoms with E-state index in [0.717, 1.165) is 0 Å². The third kappa shape index (κ3) is 1.55. The van der Waals surface area contributed by atoms with Crippen molar-refractivity contribution >= 4 is 17.6 Å². The number of halogens is 1. The van der Waals surface area contributed by atoms with Gasteiger partial charge < -0.3 is 5.11 Å². The van der Waals surface area contributed by atoms with E-state index >= 15 is 0 Å². The molecule has 1 N–H and O–H groups in total. The highest BCUT2D eigenvalue weighted by Crippen LogP contribution is 2.16. The van der Waals surface area contributed by atoms with Crippen LogP contribution in [-0.4, -0.2) is 11.1 Å². The number of carbonyl (C=O) groups is 1. The Morgan fingerprint density at radius 1 is 1.58 bits per heavy atom. The lowest BCUT2D eigenvalue weighted by Crippen LogP contribution is -1.97. The van der Waals surface area contributed by atoms with Gasteiger partial charge >= 0.3 is 5.97 Å². The Kier molecular flexibility index (Phi) is 2.32. The molecule has 0 atom stereocenters. The van der Waals surface area contributed by atoms with Gasteiger partial charge in [-0.2, -0.15) is 5.26 Å². The summed E-state index contributed by atoms with van der Waals surface area (Å²) in [5.74, 6) is -1.13. The predicted octanol–water partition coefficient (Wildman–Crippen LogP) is 1.91. The maximum Gasteiger partial charge on any atom is 0.337 e. The second kappa shape index (κ2) is 3.24. The van der Waals surface area contributed by atoms with Crippen molar-refractivity contribution in [3.63, 3.8) is 0 Å². The van der Waals surface area contributed by atoms with Crippen molar-refractivity contribution in [2.45, 2.75) is 0 Å². The van der Waals surface area contributed by atoms with Crippen molar-refractivity contribution in [1.82, 2.24) is 0 Å². The Morgan fingerprint density at radius 3 is 2.75 bits per heavy atom. The monoisotopic (exact) mass is 181 g/mol. The van der Waals surface area contributed by atoms with Gasteiger partial charge in [-0.05, 0) is 18.2 Å². The highest BCUT2D eigenvalue weighted by Gasteiger charge is 2.08. The second-order valence-corrected chi connectivity index (χ2v) is 2.52. The van der Waals surface area contributed by atoms with Gasteiger partial charge in [0.1, 0.15) is 0 Å². The maximum atomic E-state index is 10.5. The lowest BCUT2D eigenvalue weighted by Gasteiger charge is -1.97. The number of hydrogen-bond acceptors (Lipinski definition) is 2. The van der Waals surface area contributed by atoms with Crippen LogP contribution in [0.4, 0.5) is 0 Å². The van der Waals surface area contributed by atoms with Gasteiger partial charge in [0.2, 0.25) is 0 Å². The summed E-state index contributed by atoms with van der Waals surface area (Å²) in [6.07, 6.45) is 0. The molecule has 0 aromatic heterocycles. The van der Waals surface area contributed by atoms with E-state index in [2.05, 4.69) is 0 Å². The van der Waals surface area contributed by atoms with Gasteiger partial charge in [0.05, 0.1) is 22.2 Å².